The summed E-state index contributed by atoms with van der Waals surface area (Å²) < 4.78 is 18.2. The van der Waals surface area contributed by atoms with Gasteiger partial charge in [-0.25, -0.2) is 4.39 Å². The first-order valence-corrected chi connectivity index (χ1v) is 5.65. The summed E-state index contributed by atoms with van der Waals surface area (Å²) in [5, 5.41) is 7.48. The summed E-state index contributed by atoms with van der Waals surface area (Å²) in [5.41, 5.74) is 4.55. The highest BCUT2D eigenvalue weighted by Crippen LogP contribution is 2.20. The van der Waals surface area contributed by atoms with Gasteiger partial charge in [-0.15, -0.1) is 0 Å². The number of rotatable bonds is 3. The third kappa shape index (κ3) is 3.17. The number of hydrazone groups is 1. The predicted molar refractivity (Wildman–Crippen MR) is 66.1 cm³/mol. The Bertz CT molecular complexity index is 412. The molecule has 0 unspecified atom stereocenters. The Hall–Kier alpha value is -1.62. The largest absolute Gasteiger partial charge is 0.494 e. The first-order valence-electron chi connectivity index (χ1n) is 5.65. The van der Waals surface area contributed by atoms with Crippen LogP contribution >= 0.6 is 0 Å². The summed E-state index contributed by atoms with van der Waals surface area (Å²) in [6, 6.07) is 4.69. The Morgan fingerprint density at radius 1 is 1.47 bits per heavy atom. The minimum atomic E-state index is -0.389. The molecule has 17 heavy (non-hydrogen) atoms. The normalized spacial score (nSPS) is 18.1. The summed E-state index contributed by atoms with van der Waals surface area (Å²) in [4.78, 5) is 0. The molecule has 2 N–H and O–H groups in total. The minimum absolute atomic E-state index is 0.238. The Kier molecular flexibility index (Phi) is 3.93. The van der Waals surface area contributed by atoms with Gasteiger partial charge in [-0.3, -0.25) is 5.43 Å². The second-order valence-corrected chi connectivity index (χ2v) is 3.92. The van der Waals surface area contributed by atoms with Crippen molar-refractivity contribution in [2.45, 2.75) is 12.8 Å². The van der Waals surface area contributed by atoms with Gasteiger partial charge in [0.25, 0.3) is 0 Å². The molecule has 1 aromatic rings. The maximum atomic E-state index is 13.4. The average molecular weight is 237 g/mol. The van der Waals surface area contributed by atoms with Crippen LogP contribution in [0.3, 0.4) is 0 Å². The molecule has 92 valence electrons. The molecule has 0 saturated carbocycles. The zero-order valence-corrected chi connectivity index (χ0v) is 9.79. The smallest absolute Gasteiger partial charge is 0.167 e. The predicted octanol–water partition coefficient (Wildman–Crippen LogP) is 1.99. The molecule has 1 aliphatic rings. The summed E-state index contributed by atoms with van der Waals surface area (Å²) in [6.07, 6.45) is 2.08. The third-order valence-electron chi connectivity index (χ3n) is 2.64. The van der Waals surface area contributed by atoms with Crippen LogP contribution in [0.1, 0.15) is 12.8 Å². The molecule has 2 rings (SSSR count). The van der Waals surface area contributed by atoms with E-state index in [0.29, 0.717) is 5.69 Å². The summed E-state index contributed by atoms with van der Waals surface area (Å²) in [6.45, 7) is 1.84. The highest BCUT2D eigenvalue weighted by molar-refractivity contribution is 5.87. The van der Waals surface area contributed by atoms with Gasteiger partial charge in [-0.1, -0.05) is 0 Å². The molecule has 0 aromatic heterocycles. The quantitative estimate of drug-likeness (QED) is 0.790. The first kappa shape index (κ1) is 11.9. The van der Waals surface area contributed by atoms with Crippen LogP contribution in [0.4, 0.5) is 10.1 Å². The highest BCUT2D eigenvalue weighted by Gasteiger charge is 2.06. The molecular formula is C12H16FN3O. The first-order chi connectivity index (χ1) is 8.29. The molecule has 0 amide bonds. The van der Waals surface area contributed by atoms with E-state index in [0.717, 1.165) is 31.6 Å². The van der Waals surface area contributed by atoms with Crippen LogP contribution < -0.4 is 15.5 Å². The van der Waals surface area contributed by atoms with Gasteiger partial charge in [0.1, 0.15) is 0 Å². The van der Waals surface area contributed by atoms with Crippen LogP contribution in [-0.2, 0) is 0 Å². The van der Waals surface area contributed by atoms with Gasteiger partial charge < -0.3 is 10.1 Å². The van der Waals surface area contributed by atoms with E-state index in [4.69, 9.17) is 4.74 Å². The summed E-state index contributed by atoms with van der Waals surface area (Å²) >= 11 is 0. The second-order valence-electron chi connectivity index (χ2n) is 3.92. The molecule has 1 saturated heterocycles. The maximum Gasteiger partial charge on any atom is 0.167 e. The van der Waals surface area contributed by atoms with Gasteiger partial charge in [-0.2, -0.15) is 5.10 Å². The Morgan fingerprint density at radius 2 is 2.35 bits per heavy atom. The van der Waals surface area contributed by atoms with Crippen molar-refractivity contribution in [1.29, 1.82) is 0 Å². The monoisotopic (exact) mass is 237 g/mol. The fraction of sp³-hybridized carbons (Fsp3) is 0.417. The van der Waals surface area contributed by atoms with E-state index in [1.165, 1.54) is 13.2 Å². The van der Waals surface area contributed by atoms with Crippen molar-refractivity contribution >= 4 is 11.4 Å². The highest BCUT2D eigenvalue weighted by atomic mass is 19.1. The number of piperidine rings is 1. The van der Waals surface area contributed by atoms with Crippen molar-refractivity contribution in [2.75, 3.05) is 25.6 Å². The number of ether oxygens (including phenoxy) is 1. The lowest BCUT2D eigenvalue weighted by Gasteiger charge is -2.14. The van der Waals surface area contributed by atoms with Crippen LogP contribution in [0.5, 0.6) is 5.75 Å². The topological polar surface area (TPSA) is 45.6 Å². The van der Waals surface area contributed by atoms with Gasteiger partial charge in [0.05, 0.1) is 18.5 Å². The molecule has 0 aliphatic carbocycles. The van der Waals surface area contributed by atoms with Gasteiger partial charge in [0.15, 0.2) is 11.6 Å². The zero-order valence-electron chi connectivity index (χ0n) is 9.79. The van der Waals surface area contributed by atoms with Crippen molar-refractivity contribution in [3.63, 3.8) is 0 Å². The number of anilines is 1. The molecule has 1 aliphatic heterocycles. The van der Waals surface area contributed by atoms with E-state index in [2.05, 4.69) is 15.8 Å². The van der Waals surface area contributed by atoms with E-state index in [9.17, 15) is 4.39 Å². The van der Waals surface area contributed by atoms with Crippen molar-refractivity contribution in [3.8, 4) is 5.75 Å². The minimum Gasteiger partial charge on any atom is -0.494 e. The molecular weight excluding hydrogens is 221 g/mol. The average Bonchev–Trinajstić information content (AvgIpc) is 2.38. The van der Waals surface area contributed by atoms with Gasteiger partial charge in [0, 0.05) is 12.6 Å². The number of benzene rings is 1. The number of methoxy groups -OCH3 is 1. The van der Waals surface area contributed by atoms with Gasteiger partial charge in [-0.05, 0) is 31.5 Å². The number of hydrogen-bond donors (Lipinski definition) is 2. The lowest BCUT2D eigenvalue weighted by Crippen LogP contribution is -2.30. The van der Waals surface area contributed by atoms with E-state index in [-0.39, 0.29) is 11.6 Å². The van der Waals surface area contributed by atoms with Gasteiger partial charge in [0.2, 0.25) is 0 Å². The fourth-order valence-corrected chi connectivity index (χ4v) is 1.71. The van der Waals surface area contributed by atoms with E-state index in [1.54, 1.807) is 12.1 Å². The summed E-state index contributed by atoms with van der Waals surface area (Å²) in [7, 11) is 1.44. The van der Waals surface area contributed by atoms with Crippen molar-refractivity contribution in [3.05, 3.63) is 24.0 Å². The molecule has 0 bridgehead atoms. The molecule has 0 radical (unpaired) electrons. The van der Waals surface area contributed by atoms with Crippen molar-refractivity contribution < 1.29 is 9.13 Å². The van der Waals surface area contributed by atoms with Crippen LogP contribution in [0.15, 0.2) is 23.3 Å². The standard InChI is InChI=1S/C12H16FN3O/c1-17-12-5-4-9(7-11(12)13)15-16-10-3-2-6-14-8-10/h4-5,7,14-15H,2-3,6,8H2,1H3. The van der Waals surface area contributed by atoms with Crippen LogP contribution in [-0.4, -0.2) is 25.9 Å². The maximum absolute atomic E-state index is 13.4. The molecule has 5 heteroatoms. The van der Waals surface area contributed by atoms with E-state index >= 15 is 0 Å². The third-order valence-corrected chi connectivity index (χ3v) is 2.64. The molecule has 0 atom stereocenters. The van der Waals surface area contributed by atoms with Gasteiger partial charge >= 0.3 is 0 Å². The Morgan fingerprint density at radius 3 is 3.00 bits per heavy atom. The Labute approximate surface area is 99.9 Å². The van der Waals surface area contributed by atoms with E-state index < -0.39 is 0 Å². The van der Waals surface area contributed by atoms with E-state index in [1.807, 2.05) is 0 Å². The number of nitrogens with zero attached hydrogens (tertiary/aromatic N) is 1. The Balaban J connectivity index is 2.01. The molecule has 0 spiro atoms. The second kappa shape index (κ2) is 5.63. The number of halogens is 1. The number of hydrogen-bond acceptors (Lipinski definition) is 4. The molecule has 1 heterocycles. The summed E-state index contributed by atoms with van der Waals surface area (Å²) in [5.74, 6) is -0.151. The van der Waals surface area contributed by atoms with Crippen molar-refractivity contribution in [2.24, 2.45) is 5.10 Å². The zero-order chi connectivity index (χ0) is 12.1. The van der Waals surface area contributed by atoms with Crippen LogP contribution in [0.2, 0.25) is 0 Å². The lowest BCUT2D eigenvalue weighted by atomic mass is 10.1. The molecule has 1 aromatic carbocycles. The fourth-order valence-electron chi connectivity index (χ4n) is 1.71. The molecule has 4 nitrogen and oxygen atoms in total. The van der Waals surface area contributed by atoms with Crippen molar-refractivity contribution in [1.82, 2.24) is 5.32 Å². The SMILES string of the molecule is COc1ccc(NN=C2CCCNC2)cc1F. The lowest BCUT2D eigenvalue weighted by molar-refractivity contribution is 0.386. The van der Waals surface area contributed by atoms with Crippen LogP contribution in [0.25, 0.3) is 0 Å². The van der Waals surface area contributed by atoms with Crippen LogP contribution in [0, 0.1) is 5.82 Å². The number of nitrogens with one attached hydrogen (secondary N) is 2. The molecule has 1 fully saturated rings.